The van der Waals surface area contributed by atoms with E-state index in [1.165, 1.54) is 0 Å². The van der Waals surface area contributed by atoms with Crippen molar-refractivity contribution in [3.63, 3.8) is 0 Å². The highest BCUT2D eigenvalue weighted by Gasteiger charge is 2.13. The molecule has 0 fully saturated rings. The number of imidazole rings is 1. The van der Waals surface area contributed by atoms with Gasteiger partial charge in [-0.2, -0.15) is 0 Å². The highest BCUT2D eigenvalue weighted by molar-refractivity contribution is 5.64. The molecular formula is C18H21N3O4. The summed E-state index contributed by atoms with van der Waals surface area (Å²) >= 11 is 0. The van der Waals surface area contributed by atoms with Gasteiger partial charge in [-0.1, -0.05) is 0 Å². The van der Waals surface area contributed by atoms with Crippen LogP contribution in [-0.2, 0) is 16.0 Å². The summed E-state index contributed by atoms with van der Waals surface area (Å²) in [6, 6.07) is 7.68. The first-order valence-electron chi connectivity index (χ1n) is 7.93. The quantitative estimate of drug-likeness (QED) is 0.615. The van der Waals surface area contributed by atoms with Gasteiger partial charge in [0.05, 0.1) is 25.3 Å². The highest BCUT2D eigenvalue weighted by Crippen LogP contribution is 2.22. The Morgan fingerprint density at radius 2 is 1.84 bits per heavy atom. The van der Waals surface area contributed by atoms with Gasteiger partial charge in [0.1, 0.15) is 11.3 Å². The number of nitrogens with zero attached hydrogens (tertiary/aromatic N) is 3. The first-order chi connectivity index (χ1) is 12.2. The van der Waals surface area contributed by atoms with Crippen molar-refractivity contribution < 1.29 is 14.2 Å². The van der Waals surface area contributed by atoms with Gasteiger partial charge in [0, 0.05) is 38.9 Å². The molecular weight excluding hydrogens is 322 g/mol. The first-order valence-corrected chi connectivity index (χ1v) is 7.93. The molecule has 7 nitrogen and oxygen atoms in total. The number of methoxy groups -OCH3 is 3. The van der Waals surface area contributed by atoms with Gasteiger partial charge in [-0.25, -0.2) is 4.98 Å². The van der Waals surface area contributed by atoms with Crippen molar-refractivity contribution in [3.05, 3.63) is 53.3 Å². The molecule has 3 aromatic rings. The molecule has 2 heterocycles. The SMILES string of the molecule is COc1ccc(-c2cn(CCC(OC)OC)c(=O)c3cncn23)cc1. The monoisotopic (exact) mass is 343 g/mol. The molecule has 0 spiro atoms. The van der Waals surface area contributed by atoms with Crippen molar-refractivity contribution in [1.29, 1.82) is 0 Å². The first kappa shape index (κ1) is 17.2. The van der Waals surface area contributed by atoms with Crippen LogP contribution in [0.2, 0.25) is 0 Å². The third kappa shape index (κ3) is 3.42. The fourth-order valence-corrected chi connectivity index (χ4v) is 2.78. The zero-order chi connectivity index (χ0) is 17.8. The zero-order valence-electron chi connectivity index (χ0n) is 14.5. The number of hydrogen-bond acceptors (Lipinski definition) is 5. The van der Waals surface area contributed by atoms with Crippen LogP contribution >= 0.6 is 0 Å². The lowest BCUT2D eigenvalue weighted by atomic mass is 10.1. The lowest BCUT2D eigenvalue weighted by Gasteiger charge is -2.15. The Morgan fingerprint density at radius 1 is 1.12 bits per heavy atom. The van der Waals surface area contributed by atoms with Crippen LogP contribution in [0.25, 0.3) is 16.8 Å². The van der Waals surface area contributed by atoms with E-state index in [0.29, 0.717) is 18.5 Å². The van der Waals surface area contributed by atoms with E-state index in [9.17, 15) is 4.79 Å². The van der Waals surface area contributed by atoms with Crippen LogP contribution in [0.15, 0.2) is 47.8 Å². The average Bonchev–Trinajstić information content (AvgIpc) is 3.14. The van der Waals surface area contributed by atoms with Gasteiger partial charge in [-0.3, -0.25) is 9.20 Å². The van der Waals surface area contributed by atoms with Crippen molar-refractivity contribution in [2.45, 2.75) is 19.3 Å². The average molecular weight is 343 g/mol. The molecule has 25 heavy (non-hydrogen) atoms. The Hall–Kier alpha value is -2.64. The summed E-state index contributed by atoms with van der Waals surface area (Å²) in [5, 5.41) is 0. The Labute approximate surface area is 145 Å². The summed E-state index contributed by atoms with van der Waals surface area (Å²) < 4.78 is 19.1. The second-order valence-electron chi connectivity index (χ2n) is 5.58. The Kier molecular flexibility index (Phi) is 5.16. The van der Waals surface area contributed by atoms with Gasteiger partial charge >= 0.3 is 0 Å². The second-order valence-corrected chi connectivity index (χ2v) is 5.58. The minimum Gasteiger partial charge on any atom is -0.497 e. The molecule has 0 aliphatic heterocycles. The highest BCUT2D eigenvalue weighted by atomic mass is 16.7. The lowest BCUT2D eigenvalue weighted by molar-refractivity contribution is -0.108. The van der Waals surface area contributed by atoms with E-state index < -0.39 is 0 Å². The maximum atomic E-state index is 12.7. The van der Waals surface area contributed by atoms with Crippen molar-refractivity contribution in [1.82, 2.24) is 14.0 Å². The van der Waals surface area contributed by atoms with Crippen molar-refractivity contribution in [2.75, 3.05) is 21.3 Å². The maximum absolute atomic E-state index is 12.7. The fourth-order valence-electron chi connectivity index (χ4n) is 2.78. The van der Waals surface area contributed by atoms with E-state index >= 15 is 0 Å². The van der Waals surface area contributed by atoms with E-state index in [4.69, 9.17) is 14.2 Å². The number of aromatic nitrogens is 3. The molecule has 0 saturated carbocycles. The molecule has 1 aromatic carbocycles. The zero-order valence-corrected chi connectivity index (χ0v) is 14.5. The standard InChI is InChI=1S/C18H21N3O4/c1-23-14-6-4-13(5-7-14)16-11-20(9-8-17(24-2)25-3)18(22)15-10-19-12-21(15)16/h4-7,10-12,17H,8-9H2,1-3H3. The number of fused-ring (bicyclic) bond motifs is 1. The molecule has 2 aromatic heterocycles. The number of hydrogen-bond donors (Lipinski definition) is 0. The molecule has 0 N–H and O–H groups in total. The van der Waals surface area contributed by atoms with E-state index in [0.717, 1.165) is 17.0 Å². The molecule has 0 aliphatic rings. The van der Waals surface area contributed by atoms with Crippen LogP contribution < -0.4 is 10.3 Å². The third-order valence-electron chi connectivity index (χ3n) is 4.17. The van der Waals surface area contributed by atoms with Gasteiger partial charge in [-0.05, 0) is 24.3 Å². The summed E-state index contributed by atoms with van der Waals surface area (Å²) in [4.78, 5) is 16.8. The Bertz CT molecular complexity index is 895. The molecule has 7 heteroatoms. The summed E-state index contributed by atoms with van der Waals surface area (Å²) in [6.07, 6.45) is 5.28. The van der Waals surface area contributed by atoms with Crippen molar-refractivity contribution in [3.8, 4) is 17.0 Å². The van der Waals surface area contributed by atoms with Crippen LogP contribution in [0.5, 0.6) is 5.75 Å². The maximum Gasteiger partial charge on any atom is 0.276 e. The van der Waals surface area contributed by atoms with Crippen LogP contribution in [-0.4, -0.2) is 41.6 Å². The molecule has 0 amide bonds. The van der Waals surface area contributed by atoms with Crippen molar-refractivity contribution >= 4 is 5.52 Å². The third-order valence-corrected chi connectivity index (χ3v) is 4.17. The molecule has 3 rings (SSSR count). The summed E-state index contributed by atoms with van der Waals surface area (Å²) in [5.41, 5.74) is 2.27. The fraction of sp³-hybridized carbons (Fsp3) is 0.333. The number of ether oxygens (including phenoxy) is 3. The minimum atomic E-state index is -0.350. The van der Waals surface area contributed by atoms with Gasteiger partial charge < -0.3 is 18.8 Å². The van der Waals surface area contributed by atoms with Gasteiger partial charge in [0.2, 0.25) is 0 Å². The molecule has 0 radical (unpaired) electrons. The lowest BCUT2D eigenvalue weighted by Crippen LogP contribution is -2.25. The molecule has 132 valence electrons. The summed E-state index contributed by atoms with van der Waals surface area (Å²) in [5.74, 6) is 0.780. The summed E-state index contributed by atoms with van der Waals surface area (Å²) in [7, 11) is 4.80. The van der Waals surface area contributed by atoms with Crippen LogP contribution in [0.4, 0.5) is 0 Å². The van der Waals surface area contributed by atoms with Gasteiger partial charge in [0.25, 0.3) is 5.56 Å². The molecule has 0 unspecified atom stereocenters. The molecule has 0 saturated heterocycles. The predicted octanol–water partition coefficient (Wildman–Crippen LogP) is 2.18. The van der Waals surface area contributed by atoms with E-state index in [1.807, 2.05) is 30.5 Å². The van der Waals surface area contributed by atoms with Gasteiger partial charge in [0.15, 0.2) is 6.29 Å². The normalized spacial score (nSPS) is 11.4. The second kappa shape index (κ2) is 7.50. The van der Waals surface area contributed by atoms with Crippen molar-refractivity contribution in [2.24, 2.45) is 0 Å². The van der Waals surface area contributed by atoms with E-state index in [1.54, 1.807) is 42.8 Å². The number of aryl methyl sites for hydroxylation is 1. The molecule has 0 aliphatic carbocycles. The topological polar surface area (TPSA) is 67.0 Å². The van der Waals surface area contributed by atoms with Crippen LogP contribution in [0.1, 0.15) is 6.42 Å². The largest absolute Gasteiger partial charge is 0.497 e. The minimum absolute atomic E-state index is 0.0966. The van der Waals surface area contributed by atoms with Crippen LogP contribution in [0, 0.1) is 0 Å². The summed E-state index contributed by atoms with van der Waals surface area (Å²) in [6.45, 7) is 0.482. The Morgan fingerprint density at radius 3 is 2.48 bits per heavy atom. The molecule has 0 bridgehead atoms. The smallest absolute Gasteiger partial charge is 0.276 e. The predicted molar refractivity (Wildman–Crippen MR) is 93.9 cm³/mol. The Balaban J connectivity index is 2.03. The number of rotatable bonds is 7. The molecule has 0 atom stereocenters. The number of benzene rings is 1. The van der Waals surface area contributed by atoms with E-state index in [2.05, 4.69) is 4.98 Å². The van der Waals surface area contributed by atoms with E-state index in [-0.39, 0.29) is 11.8 Å². The van der Waals surface area contributed by atoms with Gasteiger partial charge in [-0.15, -0.1) is 0 Å². The van der Waals surface area contributed by atoms with Crippen LogP contribution in [0.3, 0.4) is 0 Å².